The summed E-state index contributed by atoms with van der Waals surface area (Å²) >= 11 is 0. The monoisotopic (exact) mass is 171 g/mol. The molecule has 0 bridgehead atoms. The number of carboxylic acid groups (broad SMARTS) is 1. The first-order chi connectivity index (χ1) is 5.54. The fourth-order valence-corrected chi connectivity index (χ4v) is 1.03. The van der Waals surface area contributed by atoms with Crippen molar-refractivity contribution in [3.05, 3.63) is 11.1 Å². The summed E-state index contributed by atoms with van der Waals surface area (Å²) < 4.78 is 0. The van der Waals surface area contributed by atoms with Crippen LogP contribution in [0.25, 0.3) is 0 Å². The Morgan fingerprint density at radius 2 is 1.58 bits per heavy atom. The number of carbonyl (C=O) groups is 2. The van der Waals surface area contributed by atoms with Crippen molar-refractivity contribution >= 4 is 11.9 Å². The van der Waals surface area contributed by atoms with Gasteiger partial charge in [-0.15, -0.1) is 0 Å². The molecular formula is C8H13NO3. The molecule has 0 spiro atoms. The number of primary amides is 1. The molecule has 0 aromatic rings. The van der Waals surface area contributed by atoms with Crippen LogP contribution in [0.15, 0.2) is 11.1 Å². The van der Waals surface area contributed by atoms with Crippen molar-refractivity contribution in [3.8, 4) is 0 Å². The summed E-state index contributed by atoms with van der Waals surface area (Å²) in [5.41, 5.74) is 5.33. The van der Waals surface area contributed by atoms with Crippen LogP contribution in [0.4, 0.5) is 0 Å². The minimum absolute atomic E-state index is 0.116. The molecule has 0 aliphatic carbocycles. The van der Waals surface area contributed by atoms with E-state index in [0.29, 0.717) is 12.8 Å². The summed E-state index contributed by atoms with van der Waals surface area (Å²) in [4.78, 5) is 21.3. The molecule has 0 radical (unpaired) electrons. The Labute approximate surface area is 71.1 Å². The van der Waals surface area contributed by atoms with Gasteiger partial charge in [-0.2, -0.15) is 0 Å². The Balaban J connectivity index is 5.01. The second-order valence-electron chi connectivity index (χ2n) is 2.33. The lowest BCUT2D eigenvalue weighted by Crippen LogP contribution is -2.18. The Morgan fingerprint density at radius 3 is 1.67 bits per heavy atom. The zero-order valence-corrected chi connectivity index (χ0v) is 7.26. The summed E-state index contributed by atoms with van der Waals surface area (Å²) in [5, 5.41) is 8.66. The molecule has 3 N–H and O–H groups in total. The van der Waals surface area contributed by atoms with Crippen LogP contribution in [-0.2, 0) is 9.59 Å². The molecule has 1 amide bonds. The molecular weight excluding hydrogens is 158 g/mol. The van der Waals surface area contributed by atoms with Gasteiger partial charge in [0.1, 0.15) is 0 Å². The number of hydrogen-bond acceptors (Lipinski definition) is 2. The van der Waals surface area contributed by atoms with E-state index < -0.39 is 11.9 Å². The highest BCUT2D eigenvalue weighted by atomic mass is 16.4. The zero-order chi connectivity index (χ0) is 9.72. The van der Waals surface area contributed by atoms with E-state index in [0.717, 1.165) is 0 Å². The maximum Gasteiger partial charge on any atom is 0.332 e. The molecule has 0 rings (SSSR count). The molecule has 0 unspecified atom stereocenters. The van der Waals surface area contributed by atoms with Gasteiger partial charge in [0.25, 0.3) is 0 Å². The second-order valence-corrected chi connectivity index (χ2v) is 2.33. The lowest BCUT2D eigenvalue weighted by molar-refractivity contribution is -0.133. The van der Waals surface area contributed by atoms with Crippen LogP contribution in [0.5, 0.6) is 0 Å². The number of nitrogens with two attached hydrogens (primary N) is 1. The number of amides is 1. The van der Waals surface area contributed by atoms with Crippen molar-refractivity contribution in [1.82, 2.24) is 0 Å². The molecule has 0 aromatic heterocycles. The first-order valence-corrected chi connectivity index (χ1v) is 3.79. The highest BCUT2D eigenvalue weighted by molar-refractivity contribution is 6.01. The third-order valence-electron chi connectivity index (χ3n) is 1.63. The predicted octanol–water partition coefficient (Wildman–Crippen LogP) is 0.673. The van der Waals surface area contributed by atoms with Gasteiger partial charge in [0.2, 0.25) is 5.91 Å². The van der Waals surface area contributed by atoms with Crippen LogP contribution in [-0.4, -0.2) is 17.0 Å². The van der Waals surface area contributed by atoms with Crippen LogP contribution >= 0.6 is 0 Å². The number of carbonyl (C=O) groups excluding carboxylic acids is 1. The summed E-state index contributed by atoms with van der Waals surface area (Å²) in [7, 11) is 0. The van der Waals surface area contributed by atoms with Crippen molar-refractivity contribution in [2.75, 3.05) is 0 Å². The van der Waals surface area contributed by atoms with E-state index in [9.17, 15) is 9.59 Å². The van der Waals surface area contributed by atoms with Crippen LogP contribution < -0.4 is 5.73 Å². The van der Waals surface area contributed by atoms with Crippen molar-refractivity contribution in [3.63, 3.8) is 0 Å². The molecule has 4 nitrogen and oxygen atoms in total. The van der Waals surface area contributed by atoms with Gasteiger partial charge in [-0.05, 0) is 12.8 Å². The smallest absolute Gasteiger partial charge is 0.332 e. The second kappa shape index (κ2) is 4.54. The first kappa shape index (κ1) is 10.7. The lowest BCUT2D eigenvalue weighted by Gasteiger charge is -2.04. The number of carboxylic acids is 1. The molecule has 12 heavy (non-hydrogen) atoms. The predicted molar refractivity (Wildman–Crippen MR) is 44.4 cm³/mol. The van der Waals surface area contributed by atoms with E-state index in [1.165, 1.54) is 0 Å². The summed E-state index contributed by atoms with van der Waals surface area (Å²) in [6, 6.07) is 0. The molecule has 0 saturated carbocycles. The molecule has 0 aromatic carbocycles. The van der Waals surface area contributed by atoms with Crippen molar-refractivity contribution in [2.24, 2.45) is 5.73 Å². The molecule has 0 aliphatic rings. The third kappa shape index (κ3) is 2.38. The molecule has 68 valence electrons. The van der Waals surface area contributed by atoms with E-state index in [2.05, 4.69) is 0 Å². The van der Waals surface area contributed by atoms with E-state index in [-0.39, 0.29) is 11.1 Å². The van der Waals surface area contributed by atoms with Gasteiger partial charge in [-0.25, -0.2) is 4.79 Å². The van der Waals surface area contributed by atoms with Gasteiger partial charge >= 0.3 is 5.97 Å². The van der Waals surface area contributed by atoms with Gasteiger partial charge in [-0.3, -0.25) is 4.79 Å². The van der Waals surface area contributed by atoms with Gasteiger partial charge < -0.3 is 10.8 Å². The van der Waals surface area contributed by atoms with Crippen LogP contribution in [0.2, 0.25) is 0 Å². The molecule has 0 saturated heterocycles. The summed E-state index contributed by atoms with van der Waals surface area (Å²) in [5.74, 6) is -1.70. The lowest BCUT2D eigenvalue weighted by atomic mass is 10.0. The van der Waals surface area contributed by atoms with Crippen molar-refractivity contribution in [1.29, 1.82) is 0 Å². The maximum atomic E-state index is 10.7. The molecule has 0 aliphatic heterocycles. The number of hydrogen-bond donors (Lipinski definition) is 2. The van der Waals surface area contributed by atoms with Gasteiger partial charge in [0.05, 0.1) is 0 Å². The minimum Gasteiger partial charge on any atom is -0.478 e. The standard InChI is InChI=1S/C8H13NO3/c1-3-5(7(9)10)6(4-2)8(11)12/h3-4H2,1-2H3,(H2,9,10)(H,11,12). The van der Waals surface area contributed by atoms with Gasteiger partial charge in [0, 0.05) is 11.1 Å². The van der Waals surface area contributed by atoms with Gasteiger partial charge in [0.15, 0.2) is 0 Å². The first-order valence-electron chi connectivity index (χ1n) is 3.79. The Morgan fingerprint density at radius 1 is 1.17 bits per heavy atom. The van der Waals surface area contributed by atoms with Crippen molar-refractivity contribution in [2.45, 2.75) is 26.7 Å². The quantitative estimate of drug-likeness (QED) is 0.610. The highest BCUT2D eigenvalue weighted by Gasteiger charge is 2.14. The average Bonchev–Trinajstić information content (AvgIpc) is 1.98. The maximum absolute atomic E-state index is 10.7. The Bertz CT molecular complexity index is 206. The Kier molecular flexibility index (Phi) is 4.04. The summed E-state index contributed by atoms with van der Waals surface area (Å²) in [6.45, 7) is 3.39. The van der Waals surface area contributed by atoms with Crippen LogP contribution in [0.3, 0.4) is 0 Å². The molecule has 0 atom stereocenters. The van der Waals surface area contributed by atoms with Gasteiger partial charge in [-0.1, -0.05) is 13.8 Å². The largest absolute Gasteiger partial charge is 0.478 e. The normalized spacial score (nSPS) is 12.2. The van der Waals surface area contributed by atoms with Crippen LogP contribution in [0.1, 0.15) is 26.7 Å². The summed E-state index contributed by atoms with van der Waals surface area (Å²) in [6.07, 6.45) is 0.687. The fourth-order valence-electron chi connectivity index (χ4n) is 1.03. The average molecular weight is 171 g/mol. The zero-order valence-electron chi connectivity index (χ0n) is 7.26. The topological polar surface area (TPSA) is 80.4 Å². The third-order valence-corrected chi connectivity index (χ3v) is 1.63. The number of aliphatic carboxylic acids is 1. The SMILES string of the molecule is CCC(C(N)=O)=C(CC)C(=O)O. The van der Waals surface area contributed by atoms with Crippen molar-refractivity contribution < 1.29 is 14.7 Å². The fraction of sp³-hybridized carbons (Fsp3) is 0.500. The van der Waals surface area contributed by atoms with E-state index in [4.69, 9.17) is 10.8 Å². The highest BCUT2D eigenvalue weighted by Crippen LogP contribution is 2.11. The van der Waals surface area contributed by atoms with E-state index in [1.54, 1.807) is 13.8 Å². The number of rotatable bonds is 4. The minimum atomic E-state index is -1.06. The molecule has 4 heteroatoms. The van der Waals surface area contributed by atoms with E-state index >= 15 is 0 Å². The molecule has 0 fully saturated rings. The van der Waals surface area contributed by atoms with E-state index in [1.807, 2.05) is 0 Å². The van der Waals surface area contributed by atoms with Crippen LogP contribution in [0, 0.1) is 0 Å². The molecule has 0 heterocycles. The Hall–Kier alpha value is -1.32.